The molecular weight excluding hydrogens is 717 g/mol. The van der Waals surface area contributed by atoms with E-state index in [1.54, 1.807) is 12.1 Å². The van der Waals surface area contributed by atoms with Gasteiger partial charge in [-0.3, -0.25) is 0 Å². The molecular formula is C40H36IrN2O-2. The van der Waals surface area contributed by atoms with Gasteiger partial charge in [-0.15, -0.1) is 58.7 Å². The summed E-state index contributed by atoms with van der Waals surface area (Å²) in [6.45, 7) is -9.46. The average molecular weight is 765 g/mol. The Morgan fingerprint density at radius 3 is 2.25 bits per heavy atom. The van der Waals surface area contributed by atoms with E-state index in [2.05, 4.69) is 34.2 Å². The predicted octanol–water partition coefficient (Wildman–Crippen LogP) is 10.2. The minimum Gasteiger partial charge on any atom is -0.500 e. The summed E-state index contributed by atoms with van der Waals surface area (Å²) in [4.78, 5) is 8.59. The molecule has 3 aromatic carbocycles. The molecule has 0 spiro atoms. The van der Waals surface area contributed by atoms with Crippen LogP contribution in [0.15, 0.2) is 77.5 Å². The smallest absolute Gasteiger partial charge is 0.121 e. The molecule has 4 heteroatoms. The Labute approximate surface area is 290 Å². The molecule has 3 nitrogen and oxygen atoms in total. The summed E-state index contributed by atoms with van der Waals surface area (Å²) in [7, 11) is 0. The molecule has 3 saturated carbocycles. The molecule has 3 fully saturated rings. The third kappa shape index (κ3) is 4.75. The normalized spacial score (nSPS) is 26.3. The first-order valence-electron chi connectivity index (χ1n) is 20.7. The number of furan rings is 1. The van der Waals surface area contributed by atoms with Crippen molar-refractivity contribution in [3.63, 3.8) is 0 Å². The molecule has 10 rings (SSSR count). The number of fused-ring (bicyclic) bond motifs is 2. The summed E-state index contributed by atoms with van der Waals surface area (Å²) in [6, 6.07) is 23.5. The van der Waals surface area contributed by atoms with Crippen molar-refractivity contribution < 1.29 is 41.0 Å². The fourth-order valence-electron chi connectivity index (χ4n) is 7.77. The van der Waals surface area contributed by atoms with E-state index in [0.717, 1.165) is 33.1 Å². The fraction of sp³-hybridized carbons (Fsp3) is 0.300. The molecule has 2 unspecified atom stereocenters. The maximum absolute atomic E-state index is 8.02. The fourth-order valence-corrected chi connectivity index (χ4v) is 7.77. The SMILES string of the molecule is [2H]C([2H])([2H])c1c[c-]c(-c2ccc(C([2H])([2H])[2H])cn2)cc1.[2H]C([2H])([2H])c1cnc(-c2[c-]cc3oc4cccc5c4c3c2C2C3CCC(CC3)C52)cc1C([2H])([2H])[2H].[Ir]. The molecule has 6 aromatic rings. The van der Waals surface area contributed by atoms with Crippen LogP contribution in [0.25, 0.3) is 44.5 Å². The van der Waals surface area contributed by atoms with Crippen molar-refractivity contribution in [2.45, 2.75) is 64.9 Å². The minimum absolute atomic E-state index is 0. The largest absolute Gasteiger partial charge is 0.500 e. The van der Waals surface area contributed by atoms with Gasteiger partial charge in [0.2, 0.25) is 0 Å². The van der Waals surface area contributed by atoms with Crippen molar-refractivity contribution in [2.24, 2.45) is 11.8 Å². The predicted molar refractivity (Wildman–Crippen MR) is 174 cm³/mol. The Morgan fingerprint density at radius 1 is 0.727 bits per heavy atom. The van der Waals surface area contributed by atoms with Gasteiger partial charge in [0, 0.05) is 54.3 Å². The third-order valence-corrected chi connectivity index (χ3v) is 9.58. The monoisotopic (exact) mass is 765 g/mol. The molecule has 0 amide bonds. The maximum atomic E-state index is 8.02. The van der Waals surface area contributed by atoms with Crippen LogP contribution in [-0.4, -0.2) is 9.97 Å². The number of nitrogens with zero attached hydrogens (tertiary/aromatic N) is 2. The van der Waals surface area contributed by atoms with E-state index < -0.39 is 27.4 Å². The van der Waals surface area contributed by atoms with Crippen LogP contribution in [0.3, 0.4) is 0 Å². The van der Waals surface area contributed by atoms with Crippen molar-refractivity contribution in [3.8, 4) is 22.5 Å². The van der Waals surface area contributed by atoms with Crippen LogP contribution in [0, 0.1) is 51.4 Å². The summed E-state index contributed by atoms with van der Waals surface area (Å²) >= 11 is 0. The number of hydrogen-bond acceptors (Lipinski definition) is 3. The zero-order valence-corrected chi connectivity index (χ0v) is 26.1. The molecule has 4 aliphatic rings. The van der Waals surface area contributed by atoms with E-state index in [0.29, 0.717) is 40.6 Å². The van der Waals surface area contributed by atoms with Crippen molar-refractivity contribution in [1.82, 2.24) is 9.97 Å². The second-order valence-electron chi connectivity index (χ2n) is 11.9. The molecule has 2 atom stereocenters. The molecule has 3 heterocycles. The van der Waals surface area contributed by atoms with Crippen LogP contribution in [0.2, 0.25) is 0 Å². The van der Waals surface area contributed by atoms with Crippen LogP contribution in [0.5, 0.6) is 0 Å². The molecule has 0 saturated heterocycles. The van der Waals surface area contributed by atoms with E-state index in [1.165, 1.54) is 67.9 Å². The van der Waals surface area contributed by atoms with E-state index in [9.17, 15) is 0 Å². The first-order valence-corrected chi connectivity index (χ1v) is 14.7. The standard InChI is InChI=1S/C27H24NO.C13H12N.Ir/c1-14-12-20(28-13-15(14)2)18-10-11-22-27-25-19(4-3-5-21(25)29-22)23-16-6-8-17(9-7-16)24(23)26(18)27;1-10-3-6-12(7-4-10)13-8-5-11(2)9-14-13;/h3-5,11-13,16-17,23-24H,6-9H2,1-2H3;3-6,8-9H,1-2H3;/q2*-1;/i2*1D3,2D3;. The van der Waals surface area contributed by atoms with Crippen LogP contribution in [-0.2, 0) is 20.1 Å². The summed E-state index contributed by atoms with van der Waals surface area (Å²) in [6.07, 6.45) is 7.38. The van der Waals surface area contributed by atoms with Crippen molar-refractivity contribution in [1.29, 1.82) is 0 Å². The van der Waals surface area contributed by atoms with Gasteiger partial charge in [-0.2, -0.15) is 0 Å². The molecule has 3 aromatic heterocycles. The van der Waals surface area contributed by atoms with Gasteiger partial charge in [0.1, 0.15) is 5.58 Å². The van der Waals surface area contributed by atoms with Gasteiger partial charge in [0.05, 0.1) is 5.58 Å². The van der Waals surface area contributed by atoms with Crippen molar-refractivity contribution >= 4 is 21.9 Å². The zero-order chi connectivity index (χ0) is 39.2. The zero-order valence-electron chi connectivity index (χ0n) is 35.7. The van der Waals surface area contributed by atoms with Crippen LogP contribution in [0.4, 0.5) is 0 Å². The van der Waals surface area contributed by atoms with Gasteiger partial charge < -0.3 is 14.4 Å². The van der Waals surface area contributed by atoms with Gasteiger partial charge in [-0.05, 0) is 91.2 Å². The molecule has 2 bridgehead atoms. The quantitative estimate of drug-likeness (QED) is 0.165. The number of benzene rings is 3. The first kappa shape index (κ1) is 18.4. The second-order valence-corrected chi connectivity index (χ2v) is 11.9. The molecule has 0 aliphatic heterocycles. The Hall–Kier alpha value is -3.59. The number of aryl methyl sites for hydroxylation is 4. The van der Waals surface area contributed by atoms with Crippen LogP contribution >= 0.6 is 0 Å². The van der Waals surface area contributed by atoms with Gasteiger partial charge in [-0.1, -0.05) is 61.0 Å². The topological polar surface area (TPSA) is 38.9 Å². The maximum Gasteiger partial charge on any atom is 0.121 e. The molecule has 1 radical (unpaired) electrons. The Morgan fingerprint density at radius 2 is 1.52 bits per heavy atom. The van der Waals surface area contributed by atoms with Crippen LogP contribution < -0.4 is 0 Å². The molecule has 44 heavy (non-hydrogen) atoms. The Bertz CT molecular complexity index is 2350. The number of pyridine rings is 2. The van der Waals surface area contributed by atoms with Gasteiger partial charge in [0.15, 0.2) is 0 Å². The van der Waals surface area contributed by atoms with E-state index in [4.69, 9.17) is 20.9 Å². The summed E-state index contributed by atoms with van der Waals surface area (Å²) in [5.74, 6) is 1.86. The summed E-state index contributed by atoms with van der Waals surface area (Å²) < 4.78 is 97.5. The van der Waals surface area contributed by atoms with Gasteiger partial charge in [-0.25, -0.2) is 0 Å². The summed E-state index contributed by atoms with van der Waals surface area (Å²) in [5, 5.41) is 2.26. The van der Waals surface area contributed by atoms with Gasteiger partial charge in [0.25, 0.3) is 0 Å². The number of hydrogen-bond donors (Lipinski definition) is 0. The van der Waals surface area contributed by atoms with Crippen molar-refractivity contribution in [2.75, 3.05) is 0 Å². The third-order valence-electron chi connectivity index (χ3n) is 9.58. The minimum atomic E-state index is -2.56. The molecule has 0 N–H and O–H groups in total. The van der Waals surface area contributed by atoms with E-state index in [1.807, 2.05) is 12.1 Å². The first-order chi connectivity index (χ1) is 25.8. The Balaban J connectivity index is 0.000000197. The molecule has 223 valence electrons. The average Bonchev–Trinajstić information content (AvgIpc) is 3.53. The van der Waals surface area contributed by atoms with Gasteiger partial charge >= 0.3 is 0 Å². The van der Waals surface area contributed by atoms with E-state index in [-0.39, 0.29) is 42.4 Å². The second kappa shape index (κ2) is 11.4. The Kier molecular flexibility index (Phi) is 4.77. The van der Waals surface area contributed by atoms with Crippen molar-refractivity contribution in [3.05, 3.63) is 119 Å². The summed E-state index contributed by atoms with van der Waals surface area (Å²) in [5.41, 5.74) is 6.60. The molecule has 4 aliphatic carbocycles. The number of aromatic nitrogens is 2. The van der Waals surface area contributed by atoms with E-state index >= 15 is 0 Å². The number of rotatable bonds is 2. The van der Waals surface area contributed by atoms with Crippen LogP contribution in [0.1, 0.15) is 87.3 Å².